The van der Waals surface area contributed by atoms with Gasteiger partial charge in [0.25, 0.3) is 0 Å². The molecule has 0 heterocycles. The van der Waals surface area contributed by atoms with Gasteiger partial charge in [0, 0.05) is 25.8 Å². The number of esters is 3. The summed E-state index contributed by atoms with van der Waals surface area (Å²) >= 11 is 0. The predicted octanol–water partition coefficient (Wildman–Crippen LogP) is 19.1. The second-order valence-corrected chi connectivity index (χ2v) is 21.5. The molecular formula is C66H119NO9. The Labute approximate surface area is 468 Å². The molecule has 0 amide bonds. The summed E-state index contributed by atoms with van der Waals surface area (Å²) in [6.07, 6.45) is 59.8. The SMILES string of the molecule is CCCCC/C=C\CC=CCCCCCCCC(=O)OCC(COC(=O)CCCCCCC/C=C\C/C=C\CCCCC)OC(=O)CCC(CCCCCCCCCCCCCCCC)OC(=O)OCCCN(C)CC. The number of carbonyl (C=O) groups is 4. The first-order chi connectivity index (χ1) is 37.2. The molecule has 0 aliphatic carbocycles. The van der Waals surface area contributed by atoms with Crippen molar-refractivity contribution in [3.8, 4) is 0 Å². The third-order valence-corrected chi connectivity index (χ3v) is 14.1. The van der Waals surface area contributed by atoms with Crippen LogP contribution in [0.5, 0.6) is 0 Å². The zero-order valence-electron chi connectivity index (χ0n) is 50.1. The second-order valence-electron chi connectivity index (χ2n) is 21.5. The first-order valence-corrected chi connectivity index (χ1v) is 31.9. The van der Waals surface area contributed by atoms with Gasteiger partial charge in [-0.25, -0.2) is 4.79 Å². The number of hydrogen-bond acceptors (Lipinski definition) is 10. The molecule has 0 aromatic rings. The third-order valence-electron chi connectivity index (χ3n) is 14.1. The fraction of sp³-hybridized carbons (Fsp3) is 0.818. The molecule has 0 saturated carbocycles. The van der Waals surface area contributed by atoms with E-state index in [1.54, 1.807) is 0 Å². The van der Waals surface area contributed by atoms with E-state index in [0.29, 0.717) is 12.8 Å². The molecule has 2 atom stereocenters. The summed E-state index contributed by atoms with van der Waals surface area (Å²) in [4.78, 5) is 54.1. The standard InChI is InChI=1S/C66H119NO9/c1-6-10-13-16-19-22-25-28-31-34-37-40-43-46-49-53-63(68)73-59-62(60-74-64(69)54-50-47-44-41-38-35-32-29-26-23-20-17-14-11-7-2)75-65(70)56-55-61(76-66(71)72-58-51-57-67(5)9-4)52-48-45-42-39-36-33-30-27-24-21-18-15-12-8-3/h19-20,22-23,28-29,31-32,61-62H,6-18,21,24-27,30,33-60H2,1-5H3/b22-19-,23-20-,31-28-,32-29?. The fourth-order valence-electron chi connectivity index (χ4n) is 8.96. The van der Waals surface area contributed by atoms with E-state index in [-0.39, 0.29) is 57.4 Å². The van der Waals surface area contributed by atoms with E-state index >= 15 is 0 Å². The molecule has 10 nitrogen and oxygen atoms in total. The Balaban J connectivity index is 5.13. The number of ether oxygens (including phenoxy) is 5. The highest BCUT2D eigenvalue weighted by atomic mass is 16.7. The average molecular weight is 1070 g/mol. The molecule has 0 rings (SSSR count). The fourth-order valence-corrected chi connectivity index (χ4v) is 8.96. The van der Waals surface area contributed by atoms with Crippen molar-refractivity contribution >= 4 is 24.1 Å². The van der Waals surface area contributed by atoms with Gasteiger partial charge < -0.3 is 28.6 Å². The van der Waals surface area contributed by atoms with Gasteiger partial charge in [0.05, 0.1) is 6.61 Å². The maximum absolute atomic E-state index is 13.4. The number of unbranched alkanes of at least 4 members (excludes halogenated alkanes) is 29. The van der Waals surface area contributed by atoms with E-state index in [1.165, 1.54) is 122 Å². The summed E-state index contributed by atoms with van der Waals surface area (Å²) in [6.45, 7) is 10.4. The van der Waals surface area contributed by atoms with Crippen LogP contribution in [0.4, 0.5) is 4.79 Å². The Bertz CT molecular complexity index is 1360. The van der Waals surface area contributed by atoms with E-state index in [1.807, 2.05) is 7.05 Å². The Morgan fingerprint density at radius 3 is 1.18 bits per heavy atom. The molecule has 0 N–H and O–H groups in total. The minimum Gasteiger partial charge on any atom is -0.462 e. The van der Waals surface area contributed by atoms with Crippen LogP contribution < -0.4 is 0 Å². The predicted molar refractivity (Wildman–Crippen MR) is 319 cm³/mol. The summed E-state index contributed by atoms with van der Waals surface area (Å²) < 4.78 is 28.3. The monoisotopic (exact) mass is 1070 g/mol. The van der Waals surface area contributed by atoms with Crippen molar-refractivity contribution in [2.75, 3.05) is 40.0 Å². The lowest BCUT2D eigenvalue weighted by Crippen LogP contribution is -2.31. The number of allylic oxidation sites excluding steroid dienone is 8. The highest BCUT2D eigenvalue weighted by Crippen LogP contribution is 2.19. The number of nitrogens with zero attached hydrogens (tertiary/aromatic N) is 1. The number of carbonyl (C=O) groups excluding carboxylic acids is 4. The first-order valence-electron chi connectivity index (χ1n) is 31.9. The van der Waals surface area contributed by atoms with E-state index in [9.17, 15) is 19.2 Å². The summed E-state index contributed by atoms with van der Waals surface area (Å²) in [7, 11) is 2.03. The average Bonchev–Trinajstić information content (AvgIpc) is 3.41. The Kier molecular flexibility index (Phi) is 56.6. The van der Waals surface area contributed by atoms with Crippen molar-refractivity contribution in [3.63, 3.8) is 0 Å². The maximum atomic E-state index is 13.4. The number of rotatable bonds is 57. The highest BCUT2D eigenvalue weighted by Gasteiger charge is 2.22. The Hall–Kier alpha value is -3.40. The van der Waals surface area contributed by atoms with Gasteiger partial charge in [0.2, 0.25) is 0 Å². The third kappa shape index (κ3) is 55.4. The smallest absolute Gasteiger partial charge is 0.462 e. The molecule has 0 aliphatic heterocycles. The molecule has 0 saturated heterocycles. The molecule has 0 aromatic heterocycles. The second kappa shape index (κ2) is 59.3. The molecule has 0 aliphatic rings. The lowest BCUT2D eigenvalue weighted by molar-refractivity contribution is -0.167. The molecule has 10 heteroatoms. The zero-order chi connectivity index (χ0) is 55.5. The Morgan fingerprint density at radius 1 is 0.368 bits per heavy atom. The van der Waals surface area contributed by atoms with Crippen LogP contribution in [0, 0.1) is 0 Å². The quantitative estimate of drug-likeness (QED) is 0.0252. The van der Waals surface area contributed by atoms with Gasteiger partial charge in [-0.05, 0) is 116 Å². The summed E-state index contributed by atoms with van der Waals surface area (Å²) in [6, 6.07) is 0. The van der Waals surface area contributed by atoms with Crippen LogP contribution in [-0.2, 0) is 38.1 Å². The van der Waals surface area contributed by atoms with Crippen molar-refractivity contribution in [1.82, 2.24) is 4.90 Å². The molecule has 0 aromatic carbocycles. The van der Waals surface area contributed by atoms with E-state index < -0.39 is 24.3 Å². The molecule has 0 bridgehead atoms. The molecule has 0 radical (unpaired) electrons. The van der Waals surface area contributed by atoms with Gasteiger partial charge in [-0.3, -0.25) is 14.4 Å². The normalized spacial score (nSPS) is 12.7. The summed E-state index contributed by atoms with van der Waals surface area (Å²) in [5.41, 5.74) is 0. The van der Waals surface area contributed by atoms with Crippen molar-refractivity contribution in [3.05, 3.63) is 48.6 Å². The molecule has 76 heavy (non-hydrogen) atoms. The van der Waals surface area contributed by atoms with Crippen LogP contribution in [0.15, 0.2) is 48.6 Å². The minimum atomic E-state index is -0.939. The molecule has 442 valence electrons. The maximum Gasteiger partial charge on any atom is 0.508 e. The van der Waals surface area contributed by atoms with Crippen LogP contribution in [0.25, 0.3) is 0 Å². The molecular weight excluding hydrogens is 951 g/mol. The molecule has 0 spiro atoms. The van der Waals surface area contributed by atoms with Gasteiger partial charge >= 0.3 is 24.1 Å². The summed E-state index contributed by atoms with van der Waals surface area (Å²) in [5.74, 6) is -1.24. The van der Waals surface area contributed by atoms with E-state index in [0.717, 1.165) is 122 Å². The van der Waals surface area contributed by atoms with Gasteiger partial charge in [-0.1, -0.05) is 224 Å². The van der Waals surface area contributed by atoms with Crippen LogP contribution in [0.3, 0.4) is 0 Å². The highest BCUT2D eigenvalue weighted by molar-refractivity contribution is 5.71. The van der Waals surface area contributed by atoms with E-state index in [2.05, 4.69) is 81.2 Å². The van der Waals surface area contributed by atoms with Crippen LogP contribution in [0.1, 0.15) is 297 Å². The topological polar surface area (TPSA) is 118 Å². The van der Waals surface area contributed by atoms with Crippen molar-refractivity contribution in [2.24, 2.45) is 0 Å². The lowest BCUT2D eigenvalue weighted by Gasteiger charge is -2.20. The van der Waals surface area contributed by atoms with Crippen LogP contribution in [0.2, 0.25) is 0 Å². The minimum absolute atomic E-state index is 0.00579. The van der Waals surface area contributed by atoms with Gasteiger partial charge in [-0.2, -0.15) is 0 Å². The number of hydrogen-bond donors (Lipinski definition) is 0. The van der Waals surface area contributed by atoms with Crippen LogP contribution in [-0.4, -0.2) is 81.1 Å². The summed E-state index contributed by atoms with van der Waals surface area (Å²) in [5, 5.41) is 0. The van der Waals surface area contributed by atoms with E-state index in [4.69, 9.17) is 23.7 Å². The van der Waals surface area contributed by atoms with Crippen molar-refractivity contribution < 1.29 is 42.9 Å². The van der Waals surface area contributed by atoms with Crippen LogP contribution >= 0.6 is 0 Å². The Morgan fingerprint density at radius 2 is 0.750 bits per heavy atom. The molecule has 0 fully saturated rings. The molecule has 2 unspecified atom stereocenters. The largest absolute Gasteiger partial charge is 0.508 e. The van der Waals surface area contributed by atoms with Crippen molar-refractivity contribution in [1.29, 1.82) is 0 Å². The lowest BCUT2D eigenvalue weighted by atomic mass is 10.0. The van der Waals surface area contributed by atoms with Gasteiger partial charge in [-0.15, -0.1) is 0 Å². The first kappa shape index (κ1) is 72.6. The van der Waals surface area contributed by atoms with Crippen molar-refractivity contribution in [2.45, 2.75) is 310 Å². The zero-order valence-corrected chi connectivity index (χ0v) is 50.1. The van der Waals surface area contributed by atoms with Gasteiger partial charge in [0.1, 0.15) is 19.3 Å². The van der Waals surface area contributed by atoms with Gasteiger partial charge in [0.15, 0.2) is 6.10 Å².